The number of benzene rings is 1. The summed E-state index contributed by atoms with van der Waals surface area (Å²) in [5.41, 5.74) is 0.802. The highest BCUT2D eigenvalue weighted by Crippen LogP contribution is 2.21. The van der Waals surface area contributed by atoms with Crippen LogP contribution in [0.3, 0.4) is 0 Å². The monoisotopic (exact) mass is 211 g/mol. The third-order valence-electron chi connectivity index (χ3n) is 1.95. The molecule has 3 nitrogen and oxygen atoms in total. The van der Waals surface area contributed by atoms with Gasteiger partial charge in [0.2, 0.25) is 0 Å². The standard InChI is InChI=1S/C10H13NO2S/c1-11(10(13)7-12)8-4-3-5-9(6-8)14-2/h3-6,12H,7H2,1-2H3. The van der Waals surface area contributed by atoms with Gasteiger partial charge < -0.3 is 10.0 Å². The Morgan fingerprint density at radius 3 is 2.86 bits per heavy atom. The molecule has 0 aromatic heterocycles. The maximum atomic E-state index is 11.2. The molecule has 1 rings (SSSR count). The Labute approximate surface area is 87.7 Å². The number of hydrogen-bond acceptors (Lipinski definition) is 3. The fourth-order valence-electron chi connectivity index (χ4n) is 1.07. The predicted molar refractivity (Wildman–Crippen MR) is 58.7 cm³/mol. The van der Waals surface area contributed by atoms with Crippen molar-refractivity contribution in [2.75, 3.05) is 24.8 Å². The summed E-state index contributed by atoms with van der Waals surface area (Å²) in [5, 5.41) is 8.70. The van der Waals surface area contributed by atoms with Crippen LogP contribution in [0, 0.1) is 0 Å². The van der Waals surface area contributed by atoms with Gasteiger partial charge in [0.1, 0.15) is 6.61 Å². The number of hydrogen-bond donors (Lipinski definition) is 1. The number of nitrogens with zero attached hydrogens (tertiary/aromatic N) is 1. The van der Waals surface area contributed by atoms with Crippen LogP contribution in [0.1, 0.15) is 0 Å². The van der Waals surface area contributed by atoms with Crippen LogP contribution < -0.4 is 4.90 Å². The zero-order valence-corrected chi connectivity index (χ0v) is 9.04. The van der Waals surface area contributed by atoms with Gasteiger partial charge in [0, 0.05) is 17.6 Å². The number of likely N-dealkylation sites (N-methyl/N-ethyl adjacent to an activating group) is 1. The average Bonchev–Trinajstić information content (AvgIpc) is 2.27. The number of aliphatic hydroxyl groups excluding tert-OH is 1. The van der Waals surface area contributed by atoms with E-state index in [2.05, 4.69) is 0 Å². The van der Waals surface area contributed by atoms with Crippen LogP contribution in [0.5, 0.6) is 0 Å². The summed E-state index contributed by atoms with van der Waals surface area (Å²) in [7, 11) is 1.65. The number of aliphatic hydroxyl groups is 1. The van der Waals surface area contributed by atoms with Gasteiger partial charge in [-0.2, -0.15) is 0 Å². The second-order valence-electron chi connectivity index (χ2n) is 2.81. The summed E-state index contributed by atoms with van der Waals surface area (Å²) in [4.78, 5) is 13.7. The molecule has 0 atom stereocenters. The minimum Gasteiger partial charge on any atom is -0.387 e. The van der Waals surface area contributed by atoms with Crippen LogP contribution in [-0.4, -0.2) is 30.9 Å². The predicted octanol–water partition coefficient (Wildman–Crippen LogP) is 1.36. The zero-order chi connectivity index (χ0) is 10.6. The molecule has 0 saturated heterocycles. The Hall–Kier alpha value is -1.00. The van der Waals surface area contributed by atoms with E-state index in [4.69, 9.17) is 5.11 Å². The Balaban J connectivity index is 2.89. The highest BCUT2D eigenvalue weighted by molar-refractivity contribution is 7.98. The molecule has 0 aliphatic carbocycles. The largest absolute Gasteiger partial charge is 0.387 e. The second-order valence-corrected chi connectivity index (χ2v) is 3.69. The molecule has 1 amide bonds. The Kier molecular flexibility index (Phi) is 3.98. The molecule has 0 fully saturated rings. The molecule has 0 aliphatic heterocycles. The van der Waals surface area contributed by atoms with Gasteiger partial charge in [-0.3, -0.25) is 4.79 Å². The molecule has 4 heteroatoms. The van der Waals surface area contributed by atoms with E-state index in [1.165, 1.54) is 4.90 Å². The maximum Gasteiger partial charge on any atom is 0.252 e. The molecule has 0 bridgehead atoms. The van der Waals surface area contributed by atoms with Crippen molar-refractivity contribution in [1.29, 1.82) is 0 Å². The molecule has 1 aromatic carbocycles. The Bertz CT molecular complexity index is 328. The fourth-order valence-corrected chi connectivity index (χ4v) is 1.52. The minimum absolute atomic E-state index is 0.303. The van der Waals surface area contributed by atoms with Gasteiger partial charge in [0.25, 0.3) is 5.91 Å². The van der Waals surface area contributed by atoms with Crippen molar-refractivity contribution in [2.45, 2.75) is 4.90 Å². The topological polar surface area (TPSA) is 40.5 Å². The number of amides is 1. The molecule has 0 radical (unpaired) electrons. The summed E-state index contributed by atoms with van der Waals surface area (Å²) in [6.45, 7) is -0.458. The molecule has 0 spiro atoms. The summed E-state index contributed by atoms with van der Waals surface area (Å²) in [6, 6.07) is 7.62. The van der Waals surface area contributed by atoms with Crippen molar-refractivity contribution in [3.8, 4) is 0 Å². The molecule has 76 valence electrons. The van der Waals surface area contributed by atoms with E-state index in [0.29, 0.717) is 0 Å². The van der Waals surface area contributed by atoms with Crippen molar-refractivity contribution in [3.63, 3.8) is 0 Å². The molecule has 1 aromatic rings. The van der Waals surface area contributed by atoms with Gasteiger partial charge in [-0.1, -0.05) is 6.07 Å². The molecule has 0 heterocycles. The summed E-state index contributed by atoms with van der Waals surface area (Å²) in [5.74, 6) is -0.303. The number of thioether (sulfide) groups is 1. The summed E-state index contributed by atoms with van der Waals surface area (Å²) in [6.07, 6.45) is 1.98. The van der Waals surface area contributed by atoms with E-state index in [0.717, 1.165) is 10.6 Å². The van der Waals surface area contributed by atoms with Gasteiger partial charge in [-0.25, -0.2) is 0 Å². The lowest BCUT2D eigenvalue weighted by molar-refractivity contribution is -0.120. The maximum absolute atomic E-state index is 11.2. The molecule has 0 unspecified atom stereocenters. The van der Waals surface area contributed by atoms with Crippen LogP contribution >= 0.6 is 11.8 Å². The molecule has 0 aliphatic rings. The van der Waals surface area contributed by atoms with Crippen LogP contribution in [-0.2, 0) is 4.79 Å². The normalized spacial score (nSPS) is 9.93. The highest BCUT2D eigenvalue weighted by atomic mass is 32.2. The highest BCUT2D eigenvalue weighted by Gasteiger charge is 2.08. The smallest absolute Gasteiger partial charge is 0.252 e. The van der Waals surface area contributed by atoms with Crippen LogP contribution in [0.25, 0.3) is 0 Å². The lowest BCUT2D eigenvalue weighted by atomic mass is 10.3. The molecule has 14 heavy (non-hydrogen) atoms. The lowest BCUT2D eigenvalue weighted by Gasteiger charge is -2.16. The molecule has 1 N–H and O–H groups in total. The Morgan fingerprint density at radius 2 is 2.29 bits per heavy atom. The molecular formula is C10H13NO2S. The SMILES string of the molecule is CSc1cccc(N(C)C(=O)CO)c1. The first-order valence-electron chi connectivity index (χ1n) is 4.20. The average molecular weight is 211 g/mol. The number of anilines is 1. The quantitative estimate of drug-likeness (QED) is 0.767. The number of rotatable bonds is 3. The first-order chi connectivity index (χ1) is 6.69. The van der Waals surface area contributed by atoms with Crippen molar-refractivity contribution in [3.05, 3.63) is 24.3 Å². The third kappa shape index (κ3) is 2.49. The van der Waals surface area contributed by atoms with Gasteiger partial charge in [0.15, 0.2) is 0 Å². The number of carbonyl (C=O) groups excluding carboxylic acids is 1. The zero-order valence-electron chi connectivity index (χ0n) is 8.23. The van der Waals surface area contributed by atoms with Gasteiger partial charge >= 0.3 is 0 Å². The van der Waals surface area contributed by atoms with Crippen LogP contribution in [0.2, 0.25) is 0 Å². The molecular weight excluding hydrogens is 198 g/mol. The first-order valence-corrected chi connectivity index (χ1v) is 5.43. The second kappa shape index (κ2) is 5.02. The van der Waals surface area contributed by atoms with Crippen molar-refractivity contribution >= 4 is 23.4 Å². The van der Waals surface area contributed by atoms with Crippen molar-refractivity contribution < 1.29 is 9.90 Å². The Morgan fingerprint density at radius 1 is 1.57 bits per heavy atom. The van der Waals surface area contributed by atoms with Crippen molar-refractivity contribution in [2.24, 2.45) is 0 Å². The fraction of sp³-hybridized carbons (Fsp3) is 0.300. The number of carbonyl (C=O) groups is 1. The van der Waals surface area contributed by atoms with E-state index in [-0.39, 0.29) is 5.91 Å². The van der Waals surface area contributed by atoms with Crippen LogP contribution in [0.4, 0.5) is 5.69 Å². The van der Waals surface area contributed by atoms with Gasteiger partial charge in [-0.15, -0.1) is 11.8 Å². The third-order valence-corrected chi connectivity index (χ3v) is 2.68. The summed E-state index contributed by atoms with van der Waals surface area (Å²) < 4.78 is 0. The van der Waals surface area contributed by atoms with E-state index >= 15 is 0 Å². The molecule has 0 saturated carbocycles. The van der Waals surface area contributed by atoms with E-state index in [1.54, 1.807) is 18.8 Å². The summed E-state index contributed by atoms with van der Waals surface area (Å²) >= 11 is 1.62. The van der Waals surface area contributed by atoms with E-state index < -0.39 is 6.61 Å². The van der Waals surface area contributed by atoms with Crippen molar-refractivity contribution in [1.82, 2.24) is 0 Å². The first kappa shape index (κ1) is 11.1. The van der Waals surface area contributed by atoms with Gasteiger partial charge in [0.05, 0.1) is 0 Å². The van der Waals surface area contributed by atoms with Gasteiger partial charge in [-0.05, 0) is 24.5 Å². The lowest BCUT2D eigenvalue weighted by Crippen LogP contribution is -2.28. The minimum atomic E-state index is -0.458. The van der Waals surface area contributed by atoms with Crippen LogP contribution in [0.15, 0.2) is 29.2 Å². The van der Waals surface area contributed by atoms with E-state index in [1.807, 2.05) is 30.5 Å². The van der Waals surface area contributed by atoms with E-state index in [9.17, 15) is 4.79 Å².